The molecule has 0 spiro atoms. The Morgan fingerprint density at radius 2 is 0.704 bits per heavy atom. The minimum absolute atomic E-state index is 0.0247. The van der Waals surface area contributed by atoms with Crippen molar-refractivity contribution < 1.29 is 41.9 Å². The Morgan fingerprint density at radius 1 is 0.415 bits per heavy atom. The summed E-state index contributed by atoms with van der Waals surface area (Å²) >= 11 is 1.17. The number of amides is 6. The van der Waals surface area contributed by atoms with Crippen molar-refractivity contribution in [2.24, 2.45) is 17.4 Å². The second-order valence-electron chi connectivity index (χ2n) is 33.5. The Kier molecular flexibility index (Phi) is 40.9. The standard InChI is InChI=1S/C16H21N7O.C16H28N6O.C14H20F3N5O.C14H19N7OS.C14H24N6O.C14H20N6O/c1-2-3-5-20-14-11-4-8-23(10-13(11)21-16(17)22-14)15(24)12-9-18-6-7-19-12;1-4-5-7-19-14-11-6-8-22(15(23)13(17)10(2)3)9-12(11)20-16(18)21-14;1-2-3-5-19-12-9-4-6-22(11(23)7-14(15,16)17)8-10(9)20-13(18)21-12;1-2-3-5-16-12-9-4-6-21(7-10(9)17-14(15)18-12)13(22)11-8-23-20-19-11;1-3-4-6-17-12-10-5-7-20(13(21)9(2)15)8-11(10)18-14(16)19-12;1-2-3-7-17-13-10-5-8-20(12(21)4-6-15)9-11(10)18-14(16)19-13/h6-7,9H,2-5,8,10H2,1H3,(H3,17,20,21,22);10,13H,4-9,17H2,1-3H3,(H3,18,19,20,21);2-8H2,1H3,(H3,18,19,20,21);8H,2-7H2,1H3,(H3,15,16,17,18);9H,3-8,15H2,1-2H3,(H3,16,17,18,19);2-5,7-9H2,1H3,(H3,16,17,18,19)/t;13-;;;9-;/m.0..0./s1. The number of nitrogens with two attached hydrogens (primary N) is 8. The maximum Gasteiger partial charge on any atom is 0.397 e. The van der Waals surface area contributed by atoms with Gasteiger partial charge in [-0.25, -0.2) is 34.9 Å². The van der Waals surface area contributed by atoms with Gasteiger partial charge in [0.1, 0.15) is 53.4 Å². The third-order valence-electron chi connectivity index (χ3n) is 22.7. The van der Waals surface area contributed by atoms with Crippen LogP contribution in [0.2, 0.25) is 0 Å². The Bertz CT molecular complexity index is 5290. The zero-order chi connectivity index (χ0) is 97.8. The molecule has 0 aromatic carbocycles. The lowest BCUT2D eigenvalue weighted by atomic mass is 10.0. The Morgan fingerprint density at radius 3 is 0.978 bits per heavy atom. The molecule has 6 aliphatic heterocycles. The second kappa shape index (κ2) is 52.4. The van der Waals surface area contributed by atoms with Crippen LogP contribution in [-0.4, -0.2) is 241 Å². The van der Waals surface area contributed by atoms with E-state index in [1.165, 1.54) is 23.9 Å². The molecule has 47 heteroatoms. The van der Waals surface area contributed by atoms with E-state index in [9.17, 15) is 41.9 Å². The number of fused-ring (bicyclic) bond motifs is 6. The number of unbranched alkanes of at least 4 members (excludes halogenated alkanes) is 6. The first-order valence-electron chi connectivity index (χ1n) is 46.3. The summed E-state index contributed by atoms with van der Waals surface area (Å²) in [7, 11) is 0. The van der Waals surface area contributed by atoms with Gasteiger partial charge in [-0.15, -0.1) is 5.10 Å². The third kappa shape index (κ3) is 31.2. The fraction of sp³-hybridized carbons (Fsp3) is 0.580. The highest BCUT2D eigenvalue weighted by atomic mass is 32.1. The van der Waals surface area contributed by atoms with E-state index in [2.05, 4.69) is 153 Å². The van der Waals surface area contributed by atoms with Gasteiger partial charge in [-0.1, -0.05) is 98.4 Å². The Balaban J connectivity index is 0.000000182. The molecule has 0 fully saturated rings. The van der Waals surface area contributed by atoms with Gasteiger partial charge in [-0.05, 0) is 101 Å². The van der Waals surface area contributed by atoms with Crippen LogP contribution >= 0.6 is 11.5 Å². The third-order valence-corrected chi connectivity index (χ3v) is 23.2. The van der Waals surface area contributed by atoms with Gasteiger partial charge < -0.3 is 107 Å². The van der Waals surface area contributed by atoms with Crippen molar-refractivity contribution in [2.75, 3.05) is 145 Å². The van der Waals surface area contributed by atoms with Crippen LogP contribution in [0.1, 0.15) is 241 Å². The van der Waals surface area contributed by atoms with Crippen molar-refractivity contribution in [3.8, 4) is 6.07 Å². The van der Waals surface area contributed by atoms with Crippen LogP contribution in [0.15, 0.2) is 24.0 Å². The number of halogens is 3. The lowest BCUT2D eigenvalue weighted by molar-refractivity contribution is -0.162. The average molecular weight is 1890 g/mol. The first-order chi connectivity index (χ1) is 64.8. The quantitative estimate of drug-likeness (QED) is 0.0188. The summed E-state index contributed by atoms with van der Waals surface area (Å²) in [6, 6.07) is 0.918. The molecule has 6 aliphatic rings. The van der Waals surface area contributed by atoms with Gasteiger partial charge in [0.15, 0.2) is 5.69 Å². The zero-order valence-corrected chi connectivity index (χ0v) is 79.6. The molecule has 0 radical (unpaired) electrons. The minimum atomic E-state index is -4.51. The molecule has 6 amide bonds. The van der Waals surface area contributed by atoms with Crippen molar-refractivity contribution in [2.45, 2.75) is 248 Å². The topological polar surface area (TPSA) is 632 Å². The van der Waals surface area contributed by atoms with Gasteiger partial charge in [0.05, 0.1) is 97.8 Å². The Labute approximate surface area is 789 Å². The number of carbonyl (C=O) groups is 6. The Hall–Kier alpha value is -13.3. The molecule has 14 rings (SSSR count). The summed E-state index contributed by atoms with van der Waals surface area (Å²) in [6.07, 6.45) is 15.3. The summed E-state index contributed by atoms with van der Waals surface area (Å²) in [5, 5.41) is 33.9. The maximum atomic E-state index is 12.5. The first-order valence-corrected chi connectivity index (χ1v) is 47.2. The number of carbonyl (C=O) groups excluding carboxylic acids is 6. The van der Waals surface area contributed by atoms with Crippen molar-refractivity contribution in [3.05, 3.63) is 103 Å². The molecule has 8 aromatic heterocycles. The second-order valence-corrected chi connectivity index (χ2v) is 34.1. The molecule has 0 saturated carbocycles. The molecule has 22 N–H and O–H groups in total. The van der Waals surface area contributed by atoms with Crippen molar-refractivity contribution in [1.82, 2.24) is 109 Å². The summed E-state index contributed by atoms with van der Waals surface area (Å²) in [6.45, 7) is 28.8. The van der Waals surface area contributed by atoms with Gasteiger partial charge in [0.25, 0.3) is 11.8 Å². The normalized spacial score (nSPS) is 14.3. The number of nitrogens with zero attached hydrogens (tertiary/aromatic N) is 23. The van der Waals surface area contributed by atoms with Gasteiger partial charge in [-0.2, -0.15) is 48.3 Å². The number of aromatic nitrogens is 16. The lowest BCUT2D eigenvalue weighted by Gasteiger charge is -2.32. The largest absolute Gasteiger partial charge is 0.397 e. The van der Waals surface area contributed by atoms with Crippen LogP contribution in [0.4, 0.5) is 83.8 Å². The molecule has 43 nitrogen and oxygen atoms in total. The predicted octanol–water partition coefficient (Wildman–Crippen LogP) is 7.40. The molecule has 8 aromatic rings. The number of hydrogen-bond donors (Lipinski definition) is 14. The molecular weight excluding hydrogens is 1760 g/mol. The number of nitrogens with one attached hydrogen (secondary N) is 6. The minimum Gasteiger partial charge on any atom is -0.370 e. The summed E-state index contributed by atoms with van der Waals surface area (Å²) in [5.74, 6) is 4.43. The van der Waals surface area contributed by atoms with Gasteiger partial charge in [0.2, 0.25) is 59.3 Å². The first kappa shape index (κ1) is 105. The van der Waals surface area contributed by atoms with E-state index in [-0.39, 0.29) is 90.7 Å². The summed E-state index contributed by atoms with van der Waals surface area (Å²) in [4.78, 5) is 142. The fourth-order valence-electron chi connectivity index (χ4n) is 15.3. The summed E-state index contributed by atoms with van der Waals surface area (Å²) in [5.41, 5.74) is 57.7. The molecule has 14 heterocycles. The molecule has 0 bridgehead atoms. The van der Waals surface area contributed by atoms with Crippen molar-refractivity contribution in [1.29, 1.82) is 5.26 Å². The predicted molar refractivity (Wildman–Crippen MR) is 512 cm³/mol. The van der Waals surface area contributed by atoms with Gasteiger partial charge >= 0.3 is 6.18 Å². The molecular formula is C88H132F3N37O6S. The lowest BCUT2D eigenvalue weighted by Crippen LogP contribution is -2.48. The summed E-state index contributed by atoms with van der Waals surface area (Å²) < 4.78 is 40.8. The number of rotatable bonds is 31. The molecule has 2 atom stereocenters. The monoisotopic (exact) mass is 1890 g/mol. The highest BCUT2D eigenvalue weighted by Gasteiger charge is 2.37. The van der Waals surface area contributed by atoms with E-state index in [0.717, 1.165) is 225 Å². The van der Waals surface area contributed by atoms with E-state index < -0.39 is 30.6 Å². The van der Waals surface area contributed by atoms with E-state index in [4.69, 9.17) is 51.1 Å². The van der Waals surface area contributed by atoms with Gasteiger partial charge in [-0.3, -0.25) is 33.8 Å². The van der Waals surface area contributed by atoms with Crippen molar-refractivity contribution in [3.63, 3.8) is 0 Å². The van der Waals surface area contributed by atoms with E-state index in [1.54, 1.807) is 43.0 Å². The van der Waals surface area contributed by atoms with E-state index in [0.29, 0.717) is 114 Å². The number of anilines is 12. The van der Waals surface area contributed by atoms with E-state index in [1.807, 2.05) is 19.9 Å². The highest BCUT2D eigenvalue weighted by Crippen LogP contribution is 2.33. The smallest absolute Gasteiger partial charge is 0.370 e. The number of hydrogen-bond acceptors (Lipinski definition) is 38. The fourth-order valence-corrected chi connectivity index (χ4v) is 15.7. The number of nitrogen functional groups attached to an aromatic ring is 6. The SMILES string of the molecule is CCCCNc1nc(N)nc2c1CCN(C(=O)CC#N)C2.CCCCNc1nc(N)nc2c1CCN(C(=O)CC(F)(F)F)C2.CCCCNc1nc(N)nc2c1CCN(C(=O)[C@@H](N)C(C)C)C2.CCCCNc1nc(N)nc2c1CCN(C(=O)[C@H](C)N)C2.CCCCNc1nc(N)nc2c1CCN(C(=O)c1cnccn1)C2.CCCCNc1nc(N)nc2c1CCN(C(=O)c1csnn1)C2. The molecule has 0 aliphatic carbocycles. The number of alkyl halides is 3. The van der Waals surface area contributed by atoms with Gasteiger partial charge in [0, 0.05) is 130 Å². The van der Waals surface area contributed by atoms with Crippen LogP contribution in [0, 0.1) is 17.2 Å². The molecule has 732 valence electrons. The van der Waals surface area contributed by atoms with E-state index >= 15 is 0 Å². The maximum absolute atomic E-state index is 12.5. The van der Waals surface area contributed by atoms with Crippen LogP contribution in [-0.2, 0) is 97.0 Å². The highest BCUT2D eigenvalue weighted by molar-refractivity contribution is 7.03. The van der Waals surface area contributed by atoms with Crippen LogP contribution in [0.25, 0.3) is 0 Å². The van der Waals surface area contributed by atoms with Crippen LogP contribution in [0.5, 0.6) is 0 Å². The number of nitriles is 1. The average Bonchev–Trinajstić information content (AvgIpc) is 1.66. The molecule has 135 heavy (non-hydrogen) atoms. The van der Waals surface area contributed by atoms with Crippen molar-refractivity contribution >= 4 is 118 Å². The van der Waals surface area contributed by atoms with Crippen LogP contribution in [0.3, 0.4) is 0 Å². The molecule has 0 saturated heterocycles. The van der Waals surface area contributed by atoms with Crippen LogP contribution < -0.4 is 77.8 Å². The zero-order valence-electron chi connectivity index (χ0n) is 78.8. The molecule has 0 unspecified atom stereocenters.